The van der Waals surface area contributed by atoms with Crippen LogP contribution in [0.15, 0.2) is 48.5 Å². The number of carbonyl (C=O) groups excluding carboxylic acids is 1. The minimum atomic E-state index is -0.213. The third-order valence-electron chi connectivity index (χ3n) is 4.53. The van der Waals surface area contributed by atoms with E-state index in [1.165, 1.54) is 6.07 Å². The molecular weight excluding hydrogens is 303 g/mol. The van der Waals surface area contributed by atoms with Crippen molar-refractivity contribution in [2.24, 2.45) is 0 Å². The number of nitrogens with zero attached hydrogens (tertiary/aromatic N) is 1. The van der Waals surface area contributed by atoms with Crippen LogP contribution >= 0.6 is 0 Å². The van der Waals surface area contributed by atoms with Crippen LogP contribution in [0.2, 0.25) is 0 Å². The largest absolute Gasteiger partial charge is 0.325 e. The third kappa shape index (κ3) is 4.01. The van der Waals surface area contributed by atoms with Gasteiger partial charge in [0.05, 0.1) is 6.54 Å². The fourth-order valence-electron chi connectivity index (χ4n) is 2.98. The molecule has 1 N–H and O–H groups in total. The van der Waals surface area contributed by atoms with Gasteiger partial charge in [0.15, 0.2) is 0 Å². The van der Waals surface area contributed by atoms with Crippen molar-refractivity contribution in [3.05, 3.63) is 65.5 Å². The smallest absolute Gasteiger partial charge is 0.238 e. The normalized spacial score (nSPS) is 15.3. The molecule has 1 unspecified atom stereocenters. The van der Waals surface area contributed by atoms with E-state index < -0.39 is 0 Å². The zero-order chi connectivity index (χ0) is 17.1. The molecule has 0 aliphatic heterocycles. The Bertz CT molecular complexity index is 710. The number of anilines is 1. The number of halogens is 1. The molecule has 4 heteroatoms. The summed E-state index contributed by atoms with van der Waals surface area (Å²) in [5, 5.41) is 2.93. The van der Waals surface area contributed by atoms with E-state index in [1.807, 2.05) is 44.2 Å². The molecule has 0 heterocycles. The van der Waals surface area contributed by atoms with Crippen molar-refractivity contribution >= 4 is 11.6 Å². The van der Waals surface area contributed by atoms with Crippen molar-refractivity contribution in [3.8, 4) is 0 Å². The summed E-state index contributed by atoms with van der Waals surface area (Å²) in [6, 6.07) is 14.8. The van der Waals surface area contributed by atoms with Gasteiger partial charge in [0.25, 0.3) is 0 Å². The SMILES string of the molecule is Cc1ccc(NC(=O)CN(C2CC2)C(C)c2ccccc2F)cc1. The van der Waals surface area contributed by atoms with Gasteiger partial charge in [-0.2, -0.15) is 0 Å². The van der Waals surface area contributed by atoms with E-state index in [0.717, 1.165) is 24.1 Å². The maximum absolute atomic E-state index is 14.1. The fraction of sp³-hybridized carbons (Fsp3) is 0.350. The quantitative estimate of drug-likeness (QED) is 0.858. The summed E-state index contributed by atoms with van der Waals surface area (Å²) in [7, 11) is 0. The monoisotopic (exact) mass is 326 g/mol. The molecule has 1 amide bonds. The topological polar surface area (TPSA) is 32.3 Å². The van der Waals surface area contributed by atoms with Gasteiger partial charge in [0.1, 0.15) is 5.82 Å². The molecular formula is C20H23FN2O. The molecule has 2 aromatic rings. The Labute approximate surface area is 142 Å². The molecule has 0 saturated heterocycles. The van der Waals surface area contributed by atoms with Gasteiger partial charge in [-0.3, -0.25) is 9.69 Å². The standard InChI is InChI=1S/C20H23FN2O/c1-14-7-9-16(10-8-14)22-20(24)13-23(17-11-12-17)15(2)18-5-3-4-6-19(18)21/h3-10,15,17H,11-13H2,1-2H3,(H,22,24). The Kier molecular flexibility index (Phi) is 4.95. The third-order valence-corrected chi connectivity index (χ3v) is 4.53. The summed E-state index contributed by atoms with van der Waals surface area (Å²) in [6.45, 7) is 4.25. The maximum Gasteiger partial charge on any atom is 0.238 e. The molecule has 0 aromatic heterocycles. The molecule has 24 heavy (non-hydrogen) atoms. The van der Waals surface area contributed by atoms with Crippen molar-refractivity contribution in [1.82, 2.24) is 4.90 Å². The Morgan fingerprint density at radius 3 is 2.50 bits per heavy atom. The summed E-state index contributed by atoms with van der Waals surface area (Å²) in [5.41, 5.74) is 2.59. The first kappa shape index (κ1) is 16.7. The fourth-order valence-corrected chi connectivity index (χ4v) is 2.98. The average molecular weight is 326 g/mol. The zero-order valence-electron chi connectivity index (χ0n) is 14.1. The second-order valence-electron chi connectivity index (χ2n) is 6.52. The lowest BCUT2D eigenvalue weighted by molar-refractivity contribution is -0.118. The lowest BCUT2D eigenvalue weighted by Gasteiger charge is -2.29. The number of benzene rings is 2. The highest BCUT2D eigenvalue weighted by atomic mass is 19.1. The van der Waals surface area contributed by atoms with Gasteiger partial charge in [-0.05, 0) is 44.9 Å². The molecule has 3 rings (SSSR count). The van der Waals surface area contributed by atoms with Crippen LogP contribution in [0.3, 0.4) is 0 Å². The molecule has 126 valence electrons. The van der Waals surface area contributed by atoms with Crippen molar-refractivity contribution in [3.63, 3.8) is 0 Å². The highest BCUT2D eigenvalue weighted by Crippen LogP contribution is 2.34. The molecule has 1 atom stereocenters. The minimum absolute atomic E-state index is 0.0612. The van der Waals surface area contributed by atoms with Gasteiger partial charge in [-0.25, -0.2) is 4.39 Å². The first-order chi connectivity index (χ1) is 11.5. The van der Waals surface area contributed by atoms with Crippen molar-refractivity contribution in [2.45, 2.75) is 38.8 Å². The van der Waals surface area contributed by atoms with Gasteiger partial charge in [0, 0.05) is 23.3 Å². The van der Waals surface area contributed by atoms with E-state index in [2.05, 4.69) is 10.2 Å². The van der Waals surface area contributed by atoms with Crippen LogP contribution in [0.1, 0.15) is 36.9 Å². The molecule has 0 spiro atoms. The van der Waals surface area contributed by atoms with E-state index in [4.69, 9.17) is 0 Å². The summed E-state index contributed by atoms with van der Waals surface area (Å²) >= 11 is 0. The van der Waals surface area contributed by atoms with Crippen LogP contribution < -0.4 is 5.32 Å². The molecule has 0 bridgehead atoms. The van der Waals surface area contributed by atoms with Crippen LogP contribution in [0.4, 0.5) is 10.1 Å². The van der Waals surface area contributed by atoms with E-state index in [1.54, 1.807) is 12.1 Å². The summed E-state index contributed by atoms with van der Waals surface area (Å²) in [5.74, 6) is -0.275. The molecule has 3 nitrogen and oxygen atoms in total. The summed E-state index contributed by atoms with van der Waals surface area (Å²) < 4.78 is 14.1. The Balaban J connectivity index is 1.69. The number of nitrogens with one attached hydrogen (secondary N) is 1. The Hall–Kier alpha value is -2.20. The number of hydrogen-bond acceptors (Lipinski definition) is 2. The van der Waals surface area contributed by atoms with Crippen LogP contribution in [0.25, 0.3) is 0 Å². The minimum Gasteiger partial charge on any atom is -0.325 e. The summed E-state index contributed by atoms with van der Waals surface area (Å²) in [4.78, 5) is 14.5. The molecule has 2 aromatic carbocycles. The molecule has 0 radical (unpaired) electrons. The van der Waals surface area contributed by atoms with E-state index >= 15 is 0 Å². The van der Waals surface area contributed by atoms with E-state index in [9.17, 15) is 9.18 Å². The molecule has 1 aliphatic carbocycles. The van der Waals surface area contributed by atoms with Crippen LogP contribution in [-0.2, 0) is 4.79 Å². The predicted molar refractivity (Wildman–Crippen MR) is 94.4 cm³/mol. The van der Waals surface area contributed by atoms with Gasteiger partial charge in [0.2, 0.25) is 5.91 Å². The van der Waals surface area contributed by atoms with Gasteiger partial charge >= 0.3 is 0 Å². The number of carbonyl (C=O) groups is 1. The number of amides is 1. The lowest BCUT2D eigenvalue weighted by Crippen LogP contribution is -2.37. The van der Waals surface area contributed by atoms with Crippen molar-refractivity contribution in [1.29, 1.82) is 0 Å². The zero-order valence-corrected chi connectivity index (χ0v) is 14.1. The van der Waals surface area contributed by atoms with Crippen molar-refractivity contribution in [2.75, 3.05) is 11.9 Å². The van der Waals surface area contributed by atoms with Gasteiger partial charge < -0.3 is 5.32 Å². The van der Waals surface area contributed by atoms with Crippen molar-refractivity contribution < 1.29 is 9.18 Å². The Morgan fingerprint density at radius 2 is 1.88 bits per heavy atom. The maximum atomic E-state index is 14.1. The average Bonchev–Trinajstić information content (AvgIpc) is 3.39. The molecule has 1 fully saturated rings. The second-order valence-corrected chi connectivity index (χ2v) is 6.52. The summed E-state index contributed by atoms with van der Waals surface area (Å²) in [6.07, 6.45) is 2.13. The number of aryl methyl sites for hydroxylation is 1. The predicted octanol–water partition coefficient (Wildman–Crippen LogP) is 4.30. The van der Waals surface area contributed by atoms with E-state index in [-0.39, 0.29) is 24.3 Å². The van der Waals surface area contributed by atoms with Crippen LogP contribution in [-0.4, -0.2) is 23.4 Å². The number of hydrogen-bond donors (Lipinski definition) is 1. The molecule has 1 saturated carbocycles. The van der Waals surface area contributed by atoms with Gasteiger partial charge in [-0.15, -0.1) is 0 Å². The highest BCUT2D eigenvalue weighted by molar-refractivity contribution is 5.92. The van der Waals surface area contributed by atoms with Gasteiger partial charge in [-0.1, -0.05) is 35.9 Å². The first-order valence-corrected chi connectivity index (χ1v) is 8.41. The van der Waals surface area contributed by atoms with Crippen LogP contribution in [0.5, 0.6) is 0 Å². The number of rotatable bonds is 6. The Morgan fingerprint density at radius 1 is 1.21 bits per heavy atom. The highest BCUT2D eigenvalue weighted by Gasteiger charge is 2.34. The van der Waals surface area contributed by atoms with E-state index in [0.29, 0.717) is 11.6 Å². The first-order valence-electron chi connectivity index (χ1n) is 8.41. The van der Waals surface area contributed by atoms with Crippen LogP contribution in [0, 0.1) is 12.7 Å². The second kappa shape index (κ2) is 7.14. The lowest BCUT2D eigenvalue weighted by atomic mass is 10.1. The molecule has 1 aliphatic rings.